The number of rotatable bonds is 15. The summed E-state index contributed by atoms with van der Waals surface area (Å²) in [7, 11) is 0. The summed E-state index contributed by atoms with van der Waals surface area (Å²) in [5.74, 6) is 5.49. The molecule has 13 aromatic rings. The molecule has 0 spiro atoms. The van der Waals surface area contributed by atoms with Crippen molar-refractivity contribution in [2.45, 2.75) is 199 Å². The summed E-state index contributed by atoms with van der Waals surface area (Å²) in [6.07, 6.45) is 5.76. The number of carbonyl (C=O) groups excluding carboxylic acids is 4. The lowest BCUT2D eigenvalue weighted by Crippen LogP contribution is -2.25. The number of H-pyrrole nitrogens is 1. The molecule has 1 unspecified atom stereocenters. The van der Waals surface area contributed by atoms with Crippen LogP contribution in [0.1, 0.15) is 243 Å². The minimum Gasteiger partial charge on any atom is -0.460 e. The number of thiophene rings is 4. The van der Waals surface area contributed by atoms with E-state index in [1.54, 1.807) is 57.7 Å². The van der Waals surface area contributed by atoms with E-state index in [0.717, 1.165) is 133 Å². The first-order valence-electron chi connectivity index (χ1n) is 40.1. The number of amides is 1. The molecule has 9 aromatic heterocycles. The van der Waals surface area contributed by atoms with Crippen LogP contribution >= 0.6 is 91.8 Å². The number of Topliss-reactive ketones (excluding diaryl/α,β-unsaturated/α-hetero) is 1. The van der Waals surface area contributed by atoms with Gasteiger partial charge in [0.25, 0.3) is 0 Å². The van der Waals surface area contributed by atoms with Crippen LogP contribution < -0.4 is 5.43 Å². The standard InChI is InChI=1S/C23H21ClN8OS.2C23H25ClN4O2S.C21H21ClN4OS/c1-12-13(2)34-23-20(12)21(15-4-6-16(24)7-5-15)28-17(22-31-29-14(3)32(22)23)10-19(33)30-27-11-18-25-8-9-26-18;2*1-12-13(2)31-22-19(12)20(15-7-9-16(24)10-8-15)25-17(11-18(29)30-23(4,5)6)21-27-26-14(3)28(21)22;1-5-16(27)10-17-20-25-24-13(4)26(20)21-18(11(2)12(3)28-21)19(23-17)14-6-8-15(22)9-7-14/h4-9,11,17H,10H2,1-3H3,(H,25,26)(H,30,33);2*7-10,17H,11H2,1-6H3;6-9,17H,5,10H2,1-4H3/b27-11+;;;/t2*17-;;17-/m00.0/s1. The maximum atomic E-state index is 12.8. The number of aromatic nitrogens is 14. The fourth-order valence-electron chi connectivity index (χ4n) is 14.7. The van der Waals surface area contributed by atoms with Crippen molar-refractivity contribution < 1.29 is 28.7 Å². The van der Waals surface area contributed by atoms with Crippen LogP contribution in [0.5, 0.6) is 0 Å². The van der Waals surface area contributed by atoms with E-state index in [0.29, 0.717) is 56.2 Å². The van der Waals surface area contributed by atoms with Gasteiger partial charge in [0.15, 0.2) is 23.3 Å². The molecule has 4 aromatic carbocycles. The normalized spacial score (nSPS) is 15.5. The summed E-state index contributed by atoms with van der Waals surface area (Å²) in [6, 6.07) is 28.6. The van der Waals surface area contributed by atoms with Crippen LogP contribution in [0.25, 0.3) is 20.0 Å². The summed E-state index contributed by atoms with van der Waals surface area (Å²) < 4.78 is 19.3. The maximum Gasteiger partial charge on any atom is 0.308 e. The number of hydrogen-bond donors (Lipinski definition) is 2. The van der Waals surface area contributed by atoms with Crippen molar-refractivity contribution in [3.05, 3.63) is 268 Å². The smallest absolute Gasteiger partial charge is 0.308 e. The second-order valence-electron chi connectivity index (χ2n) is 32.3. The predicted octanol–water partition coefficient (Wildman–Crippen LogP) is 20.3. The van der Waals surface area contributed by atoms with E-state index < -0.39 is 29.3 Å². The number of esters is 2. The number of hydrazone groups is 1. The third kappa shape index (κ3) is 19.0. The molecule has 640 valence electrons. The van der Waals surface area contributed by atoms with Gasteiger partial charge in [-0.25, -0.2) is 10.4 Å². The first-order chi connectivity index (χ1) is 58.9. The summed E-state index contributed by atoms with van der Waals surface area (Å²) in [5, 5.41) is 45.6. The van der Waals surface area contributed by atoms with Crippen molar-refractivity contribution >= 4 is 144 Å². The van der Waals surface area contributed by atoms with Crippen molar-refractivity contribution in [3.8, 4) is 20.0 Å². The minimum atomic E-state index is -0.569. The second kappa shape index (κ2) is 36.7. The largest absolute Gasteiger partial charge is 0.460 e. The lowest BCUT2D eigenvalue weighted by molar-refractivity contribution is -0.156. The molecular weight excluding hydrogens is 1730 g/mol. The lowest BCUT2D eigenvalue weighted by atomic mass is 9.99. The Morgan fingerprint density at radius 3 is 0.952 bits per heavy atom. The number of aryl methyl sites for hydroxylation is 8. The van der Waals surface area contributed by atoms with Gasteiger partial charge < -0.3 is 14.5 Å². The van der Waals surface area contributed by atoms with Crippen LogP contribution in [-0.2, 0) is 28.7 Å². The molecule has 4 aliphatic rings. The number of ketones is 1. The number of carbonyl (C=O) groups is 4. The molecule has 124 heavy (non-hydrogen) atoms. The quantitative estimate of drug-likeness (QED) is 0.0547. The van der Waals surface area contributed by atoms with Crippen molar-refractivity contribution in [2.75, 3.05) is 0 Å². The number of benzene rings is 4. The van der Waals surface area contributed by atoms with Gasteiger partial charge in [0.1, 0.15) is 90.3 Å². The molecule has 0 radical (unpaired) electrons. The van der Waals surface area contributed by atoms with Crippen LogP contribution in [0.4, 0.5) is 0 Å². The van der Waals surface area contributed by atoms with Gasteiger partial charge in [-0.15, -0.1) is 86.1 Å². The van der Waals surface area contributed by atoms with E-state index >= 15 is 0 Å². The van der Waals surface area contributed by atoms with Gasteiger partial charge in [-0.3, -0.25) is 57.4 Å². The van der Waals surface area contributed by atoms with Crippen molar-refractivity contribution in [1.82, 2.24) is 74.5 Å². The molecule has 4 aliphatic heterocycles. The van der Waals surface area contributed by atoms with Crippen LogP contribution in [0.3, 0.4) is 0 Å². The number of nitrogens with zero attached hydrogens (tertiary/aromatic N) is 18. The Kier molecular flexibility index (Phi) is 26.4. The molecule has 0 aliphatic carbocycles. The number of nitrogens with one attached hydrogen (secondary N) is 2. The fourth-order valence-corrected chi connectivity index (χ4v) is 20.1. The Bertz CT molecular complexity index is 6230. The van der Waals surface area contributed by atoms with Crippen LogP contribution in [-0.4, -0.2) is 133 Å². The Hall–Kier alpha value is -11.0. The summed E-state index contributed by atoms with van der Waals surface area (Å²) in [5.41, 5.74) is 17.4. The number of aromatic amines is 1. The van der Waals surface area contributed by atoms with Crippen LogP contribution in [0.2, 0.25) is 20.1 Å². The van der Waals surface area contributed by atoms with Gasteiger partial charge in [-0.2, -0.15) is 5.10 Å². The van der Waals surface area contributed by atoms with Gasteiger partial charge >= 0.3 is 11.9 Å². The Morgan fingerprint density at radius 2 is 0.694 bits per heavy atom. The van der Waals surface area contributed by atoms with Gasteiger partial charge in [0.05, 0.1) is 48.3 Å². The van der Waals surface area contributed by atoms with Crippen molar-refractivity contribution in [3.63, 3.8) is 0 Å². The Morgan fingerprint density at radius 1 is 0.419 bits per heavy atom. The molecule has 1 amide bonds. The average molecular weight is 1820 g/mol. The van der Waals surface area contributed by atoms with Gasteiger partial charge in [-0.1, -0.05) is 102 Å². The van der Waals surface area contributed by atoms with Crippen LogP contribution in [0.15, 0.2) is 135 Å². The molecule has 0 fully saturated rings. The van der Waals surface area contributed by atoms with Crippen molar-refractivity contribution in [1.29, 1.82) is 0 Å². The number of ether oxygens (including phenoxy) is 2. The topological polar surface area (TPSA) is 312 Å². The van der Waals surface area contributed by atoms with E-state index in [4.69, 9.17) is 75.8 Å². The Labute approximate surface area is 754 Å². The maximum absolute atomic E-state index is 12.8. The molecule has 2 N–H and O–H groups in total. The Balaban J connectivity index is 0.000000135. The molecule has 34 heteroatoms. The highest BCUT2D eigenvalue weighted by Crippen LogP contribution is 2.46. The molecular formula is C90H92Cl4N20O6S4. The number of halogens is 4. The van der Waals surface area contributed by atoms with Crippen molar-refractivity contribution in [2.24, 2.45) is 25.1 Å². The highest BCUT2D eigenvalue weighted by atomic mass is 35.5. The summed E-state index contributed by atoms with van der Waals surface area (Å²) >= 11 is 31.3. The summed E-state index contributed by atoms with van der Waals surface area (Å²) in [6.45, 7) is 37.5. The molecule has 0 saturated heterocycles. The number of aliphatic imine (C=N–C) groups is 4. The number of hydrogen-bond acceptors (Lipinski definition) is 24. The van der Waals surface area contributed by atoms with E-state index in [1.807, 2.05) is 187 Å². The second-order valence-corrected chi connectivity index (χ2v) is 38.8. The zero-order valence-electron chi connectivity index (χ0n) is 72.0. The van der Waals surface area contributed by atoms with E-state index in [2.05, 4.69) is 121 Å². The fraction of sp³-hybridized carbons (Fsp3) is 0.333. The average Bonchev–Trinajstić information content (AvgIpc) is 1.61. The third-order valence-electron chi connectivity index (χ3n) is 21.1. The van der Waals surface area contributed by atoms with Gasteiger partial charge in [0.2, 0.25) is 5.91 Å². The number of imidazole rings is 1. The highest BCUT2D eigenvalue weighted by molar-refractivity contribution is 7.16. The SMILES string of the molecule is CCC(=O)C[C@@H]1N=C(c2ccc(Cl)cc2)c2c(sc(C)c2C)-n2c(C)nnc21.Cc1sc2c(c1C)C(c1ccc(Cl)cc1)=NC(CC(=O)OC(C)(C)C)c1nnc(C)n1-2.Cc1sc2c(c1C)C(c1ccc(Cl)cc1)=N[C@@H](CC(=O)N/N=C/c1ncc[nH]1)c1nnc(C)n1-2.Cc1sc2c(c1C)C(c1ccc(Cl)cc1)=N[C@@H](CC(=O)OC(C)(C)C)c1nnc(C)n1-2. The lowest BCUT2D eigenvalue weighted by Gasteiger charge is -2.21. The monoisotopic (exact) mass is 1820 g/mol. The predicted molar refractivity (Wildman–Crippen MR) is 493 cm³/mol. The molecule has 26 nitrogen and oxygen atoms in total. The first-order valence-corrected chi connectivity index (χ1v) is 44.9. The highest BCUT2D eigenvalue weighted by Gasteiger charge is 2.39. The minimum absolute atomic E-state index is 0.0533. The molecule has 13 heterocycles. The molecule has 0 saturated carbocycles. The molecule has 4 atom stereocenters. The third-order valence-corrected chi connectivity index (χ3v) is 26.9. The zero-order chi connectivity index (χ0) is 88.8. The van der Waals surface area contributed by atoms with Crippen LogP contribution in [0, 0.1) is 83.1 Å². The first kappa shape index (κ1) is 89.3. The van der Waals surface area contributed by atoms with E-state index in [-0.39, 0.29) is 48.9 Å². The molecule has 0 bridgehead atoms. The van der Waals surface area contributed by atoms with E-state index in [9.17, 15) is 19.2 Å². The number of fused-ring (bicyclic) bond motifs is 12. The van der Waals surface area contributed by atoms with Gasteiger partial charge in [-0.05, 0) is 195 Å². The zero-order valence-corrected chi connectivity index (χ0v) is 78.2. The molecule has 17 rings (SSSR count). The van der Waals surface area contributed by atoms with Gasteiger partial charge in [0, 0.05) is 109 Å². The van der Waals surface area contributed by atoms with E-state index in [1.165, 1.54) is 31.3 Å². The summed E-state index contributed by atoms with van der Waals surface area (Å²) in [4.78, 5) is 82.6.